The highest BCUT2D eigenvalue weighted by molar-refractivity contribution is 7.99. The number of nitrogens with two attached hydrogens (primary N) is 1. The van der Waals surface area contributed by atoms with Crippen LogP contribution in [0.25, 0.3) is 0 Å². The van der Waals surface area contributed by atoms with E-state index in [4.69, 9.17) is 16.7 Å². The smallest absolute Gasteiger partial charge is 0.305 e. The van der Waals surface area contributed by atoms with Crippen molar-refractivity contribution in [3.8, 4) is 0 Å². The molecule has 1 amide bonds. The van der Waals surface area contributed by atoms with E-state index in [2.05, 4.69) is 10.1 Å². The fourth-order valence-electron chi connectivity index (χ4n) is 2.26. The summed E-state index contributed by atoms with van der Waals surface area (Å²) < 4.78 is 28.1. The van der Waals surface area contributed by atoms with Crippen LogP contribution >= 0.6 is 23.4 Å². The first kappa shape index (κ1) is 22.2. The molecule has 150 valence electrons. The molecule has 0 saturated heterocycles. The molecule has 3 N–H and O–H groups in total. The maximum atomic E-state index is 12.6. The van der Waals surface area contributed by atoms with E-state index in [0.717, 1.165) is 4.90 Å². The molecule has 28 heavy (non-hydrogen) atoms. The number of benzene rings is 2. The molecule has 0 bridgehead atoms. The summed E-state index contributed by atoms with van der Waals surface area (Å²) in [6.07, 6.45) is 0.542. The summed E-state index contributed by atoms with van der Waals surface area (Å²) in [6.45, 7) is 0.219. The Hall–Kier alpha value is -2.07. The molecular weight excluding hydrogens is 424 g/mol. The number of amides is 1. The third-order valence-corrected chi connectivity index (χ3v) is 6.07. The van der Waals surface area contributed by atoms with Gasteiger partial charge in [0, 0.05) is 22.8 Å². The van der Waals surface area contributed by atoms with Crippen molar-refractivity contribution in [2.24, 2.45) is 5.14 Å². The molecule has 0 spiro atoms. The Bertz CT molecular complexity index is 965. The van der Waals surface area contributed by atoms with Crippen LogP contribution < -0.4 is 10.5 Å². The highest BCUT2D eigenvalue weighted by Crippen LogP contribution is 2.35. The predicted octanol–water partition coefficient (Wildman–Crippen LogP) is 2.82. The highest BCUT2D eigenvalue weighted by Gasteiger charge is 2.21. The number of hydrogen-bond donors (Lipinski definition) is 2. The summed E-state index contributed by atoms with van der Waals surface area (Å²) in [5.41, 5.74) is 0.125. The summed E-state index contributed by atoms with van der Waals surface area (Å²) in [5, 5.41) is 7.79. The number of esters is 1. The first-order chi connectivity index (χ1) is 13.2. The van der Waals surface area contributed by atoms with Gasteiger partial charge in [0.15, 0.2) is 0 Å². The quantitative estimate of drug-likeness (QED) is 0.479. The van der Waals surface area contributed by atoms with E-state index >= 15 is 0 Å². The van der Waals surface area contributed by atoms with E-state index in [0.29, 0.717) is 11.3 Å². The predicted molar refractivity (Wildman–Crippen MR) is 107 cm³/mol. The van der Waals surface area contributed by atoms with Crippen molar-refractivity contribution in [2.75, 3.05) is 13.7 Å². The highest BCUT2D eigenvalue weighted by atomic mass is 35.5. The van der Waals surface area contributed by atoms with E-state index in [-0.39, 0.29) is 34.4 Å². The van der Waals surface area contributed by atoms with Crippen molar-refractivity contribution >= 4 is 45.3 Å². The Morgan fingerprint density at radius 3 is 2.50 bits per heavy atom. The standard InChI is InChI=1S/C18H19ClN2O5S2/c1-26-17(22)8-5-9-21-18(23)13-10-16(28(20,24)25)14(19)11-15(13)27-12-6-3-2-4-7-12/h2-4,6-7,10-11H,5,8-9H2,1H3,(H,21,23)(H2,20,24,25). The van der Waals surface area contributed by atoms with Gasteiger partial charge in [-0.1, -0.05) is 41.6 Å². The van der Waals surface area contributed by atoms with Gasteiger partial charge in [0.05, 0.1) is 17.7 Å². The van der Waals surface area contributed by atoms with Crippen molar-refractivity contribution < 1.29 is 22.7 Å². The largest absolute Gasteiger partial charge is 0.469 e. The Balaban J connectivity index is 2.30. The van der Waals surface area contributed by atoms with Crippen molar-refractivity contribution in [1.29, 1.82) is 0 Å². The second-order valence-electron chi connectivity index (χ2n) is 5.67. The van der Waals surface area contributed by atoms with E-state index in [9.17, 15) is 18.0 Å². The number of sulfonamides is 1. The number of hydrogen-bond acceptors (Lipinski definition) is 6. The minimum absolute atomic E-state index is 0.0665. The number of methoxy groups -OCH3 is 1. The minimum atomic E-state index is -4.10. The number of nitrogens with one attached hydrogen (secondary N) is 1. The first-order valence-electron chi connectivity index (χ1n) is 8.16. The number of carbonyl (C=O) groups is 2. The van der Waals surface area contributed by atoms with Gasteiger partial charge in [-0.15, -0.1) is 0 Å². The zero-order valence-electron chi connectivity index (χ0n) is 15.0. The molecular formula is C18H19ClN2O5S2. The third-order valence-electron chi connectivity index (χ3n) is 3.63. The van der Waals surface area contributed by atoms with Crippen LogP contribution in [-0.4, -0.2) is 33.9 Å². The molecule has 0 aliphatic rings. The molecule has 2 rings (SSSR count). The van der Waals surface area contributed by atoms with Crippen LogP contribution in [-0.2, 0) is 19.6 Å². The van der Waals surface area contributed by atoms with Crippen LogP contribution in [0.4, 0.5) is 0 Å². The molecule has 2 aromatic rings. The van der Waals surface area contributed by atoms with E-state index in [1.54, 1.807) is 0 Å². The van der Waals surface area contributed by atoms with Crippen molar-refractivity contribution in [3.63, 3.8) is 0 Å². The van der Waals surface area contributed by atoms with Gasteiger partial charge in [0.1, 0.15) is 4.90 Å². The van der Waals surface area contributed by atoms with Crippen LogP contribution in [0.15, 0.2) is 57.2 Å². The maximum absolute atomic E-state index is 12.6. The molecule has 0 saturated carbocycles. The lowest BCUT2D eigenvalue weighted by molar-refractivity contribution is -0.140. The molecule has 0 atom stereocenters. The van der Waals surface area contributed by atoms with E-state index in [1.165, 1.54) is 31.0 Å². The Morgan fingerprint density at radius 2 is 1.89 bits per heavy atom. The van der Waals surface area contributed by atoms with Crippen molar-refractivity contribution in [2.45, 2.75) is 27.5 Å². The second-order valence-corrected chi connectivity index (χ2v) is 8.73. The summed E-state index contributed by atoms with van der Waals surface area (Å²) >= 11 is 7.35. The Morgan fingerprint density at radius 1 is 1.21 bits per heavy atom. The SMILES string of the molecule is COC(=O)CCCNC(=O)c1cc(S(N)(=O)=O)c(Cl)cc1Sc1ccccc1. The normalized spacial score (nSPS) is 11.1. The molecule has 0 aromatic heterocycles. The average molecular weight is 443 g/mol. The number of rotatable bonds is 8. The molecule has 0 aliphatic carbocycles. The van der Waals surface area contributed by atoms with Crippen LogP contribution in [0, 0.1) is 0 Å². The van der Waals surface area contributed by atoms with Gasteiger partial charge in [-0.2, -0.15) is 0 Å². The first-order valence-corrected chi connectivity index (χ1v) is 10.9. The average Bonchev–Trinajstić information content (AvgIpc) is 2.64. The van der Waals surface area contributed by atoms with Crippen molar-refractivity contribution in [1.82, 2.24) is 5.32 Å². The van der Waals surface area contributed by atoms with Gasteiger partial charge in [0.2, 0.25) is 10.0 Å². The number of primary sulfonamides is 1. The summed E-state index contributed by atoms with van der Waals surface area (Å²) in [4.78, 5) is 24.8. The molecule has 0 aliphatic heterocycles. The summed E-state index contributed by atoms with van der Waals surface area (Å²) in [5.74, 6) is -0.873. The van der Waals surface area contributed by atoms with Crippen LogP contribution in [0.5, 0.6) is 0 Å². The zero-order valence-corrected chi connectivity index (χ0v) is 17.4. The Kier molecular flexibility index (Phi) is 7.88. The van der Waals surface area contributed by atoms with Crippen LogP contribution in [0.1, 0.15) is 23.2 Å². The molecule has 10 heteroatoms. The lowest BCUT2D eigenvalue weighted by Gasteiger charge is -2.13. The molecule has 0 unspecified atom stereocenters. The number of carbonyl (C=O) groups excluding carboxylic acids is 2. The summed E-state index contributed by atoms with van der Waals surface area (Å²) in [7, 11) is -2.81. The third kappa shape index (κ3) is 6.23. The summed E-state index contributed by atoms with van der Waals surface area (Å²) in [6, 6.07) is 11.8. The van der Waals surface area contributed by atoms with Gasteiger partial charge >= 0.3 is 5.97 Å². The number of halogens is 1. The monoisotopic (exact) mass is 442 g/mol. The molecule has 2 aromatic carbocycles. The lowest BCUT2D eigenvalue weighted by atomic mass is 10.2. The fourth-order valence-corrected chi connectivity index (χ4v) is 4.41. The molecule has 0 radical (unpaired) electrons. The molecule has 7 nitrogen and oxygen atoms in total. The van der Waals surface area contributed by atoms with Gasteiger partial charge in [-0.3, -0.25) is 9.59 Å². The lowest BCUT2D eigenvalue weighted by Crippen LogP contribution is -2.26. The van der Waals surface area contributed by atoms with E-state index in [1.807, 2.05) is 30.3 Å². The van der Waals surface area contributed by atoms with Gasteiger partial charge in [-0.05, 0) is 30.7 Å². The van der Waals surface area contributed by atoms with Crippen LogP contribution in [0.2, 0.25) is 5.02 Å². The zero-order chi connectivity index (χ0) is 20.7. The topological polar surface area (TPSA) is 116 Å². The maximum Gasteiger partial charge on any atom is 0.305 e. The Labute approximate surface area is 172 Å². The molecule has 0 heterocycles. The second kappa shape index (κ2) is 9.92. The molecule has 0 fully saturated rings. The van der Waals surface area contributed by atoms with Gasteiger partial charge in [-0.25, -0.2) is 13.6 Å². The number of ether oxygens (including phenoxy) is 1. The van der Waals surface area contributed by atoms with Crippen molar-refractivity contribution in [3.05, 3.63) is 53.1 Å². The van der Waals surface area contributed by atoms with E-state index < -0.39 is 15.9 Å². The van der Waals surface area contributed by atoms with Gasteiger partial charge < -0.3 is 10.1 Å². The van der Waals surface area contributed by atoms with Crippen LogP contribution in [0.3, 0.4) is 0 Å². The minimum Gasteiger partial charge on any atom is -0.469 e. The van der Waals surface area contributed by atoms with Gasteiger partial charge in [0.25, 0.3) is 5.91 Å². The fraction of sp³-hybridized carbons (Fsp3) is 0.222.